The summed E-state index contributed by atoms with van der Waals surface area (Å²) in [5.74, 6) is 1.43. The average molecular weight is 453 g/mol. The first-order valence-electron chi connectivity index (χ1n) is 11.5. The molecule has 0 saturated heterocycles. The Morgan fingerprint density at radius 1 is 1.16 bits per heavy atom. The number of nitrogens with zero attached hydrogens (tertiary/aromatic N) is 1. The summed E-state index contributed by atoms with van der Waals surface area (Å²) in [4.78, 5) is 14.9. The molecule has 32 heavy (non-hydrogen) atoms. The van der Waals surface area contributed by atoms with Crippen molar-refractivity contribution in [2.45, 2.75) is 50.5 Å². The second-order valence-corrected chi connectivity index (χ2v) is 9.51. The van der Waals surface area contributed by atoms with Gasteiger partial charge in [0.2, 0.25) is 0 Å². The quantitative estimate of drug-likeness (QED) is 0.523. The molecule has 0 radical (unpaired) electrons. The molecule has 0 spiro atoms. The van der Waals surface area contributed by atoms with E-state index in [9.17, 15) is 4.79 Å². The van der Waals surface area contributed by atoms with E-state index in [0.29, 0.717) is 10.8 Å². The minimum Gasteiger partial charge on any atom is -0.464 e. The van der Waals surface area contributed by atoms with Gasteiger partial charge in [-0.1, -0.05) is 43.0 Å². The van der Waals surface area contributed by atoms with Crippen LogP contribution in [0.3, 0.4) is 0 Å². The first kappa shape index (κ1) is 21.4. The Balaban J connectivity index is 1.46. The lowest BCUT2D eigenvalue weighted by molar-refractivity contribution is 0.192. The van der Waals surface area contributed by atoms with Crippen molar-refractivity contribution in [3.63, 3.8) is 0 Å². The van der Waals surface area contributed by atoms with Gasteiger partial charge in [0.05, 0.1) is 11.3 Å². The highest BCUT2D eigenvalue weighted by molar-refractivity contribution is 6.32. The zero-order valence-corrected chi connectivity index (χ0v) is 19.2. The van der Waals surface area contributed by atoms with Crippen LogP contribution in [0.2, 0.25) is 5.02 Å². The van der Waals surface area contributed by atoms with Crippen molar-refractivity contribution in [3.05, 3.63) is 64.4 Å². The fourth-order valence-corrected chi connectivity index (χ4v) is 5.37. The zero-order valence-electron chi connectivity index (χ0n) is 18.4. The maximum absolute atomic E-state index is 12.6. The second-order valence-electron chi connectivity index (χ2n) is 9.10. The van der Waals surface area contributed by atoms with Crippen LogP contribution in [0.1, 0.15) is 54.7 Å². The van der Waals surface area contributed by atoms with E-state index in [4.69, 9.17) is 20.8 Å². The Morgan fingerprint density at radius 3 is 2.84 bits per heavy atom. The molecule has 1 aromatic rings. The Kier molecular flexibility index (Phi) is 6.11. The molecular formula is C26H29ClN2O3. The molecule has 4 aliphatic rings. The number of carbonyl (C=O) groups is 1. The SMILES string of the molecule is CN1CCc2cc(Cl)c(OC(=O)NC3CCCCC3)cc2C(c2ccc3cccoc2-3)C1. The van der Waals surface area contributed by atoms with E-state index in [1.807, 2.05) is 18.2 Å². The Bertz CT molecular complexity index is 1070. The highest BCUT2D eigenvalue weighted by Crippen LogP contribution is 2.41. The summed E-state index contributed by atoms with van der Waals surface area (Å²) >= 11 is 6.57. The summed E-state index contributed by atoms with van der Waals surface area (Å²) in [5.41, 5.74) is 4.57. The summed E-state index contributed by atoms with van der Waals surface area (Å²) in [6.07, 6.45) is 7.75. The van der Waals surface area contributed by atoms with Gasteiger partial charge in [-0.25, -0.2) is 4.79 Å². The number of likely N-dealkylation sites (N-methyl/N-ethyl adjacent to an activating group) is 1. The molecule has 2 heterocycles. The lowest BCUT2D eigenvalue weighted by atomic mass is 9.88. The van der Waals surface area contributed by atoms with E-state index in [2.05, 4.69) is 35.5 Å². The topological polar surface area (TPSA) is 54.7 Å². The summed E-state index contributed by atoms with van der Waals surface area (Å²) in [7, 11) is 2.14. The fourth-order valence-electron chi connectivity index (χ4n) is 5.14. The molecule has 1 atom stereocenters. The molecule has 6 heteroatoms. The smallest absolute Gasteiger partial charge is 0.412 e. The van der Waals surface area contributed by atoms with Gasteiger partial charge in [-0.2, -0.15) is 0 Å². The number of nitrogens with one attached hydrogen (secondary N) is 1. The number of hydrogen-bond donors (Lipinski definition) is 1. The third-order valence-corrected chi connectivity index (χ3v) is 7.13. The maximum atomic E-state index is 12.6. The van der Waals surface area contributed by atoms with Crippen LogP contribution in [0, 0.1) is 0 Å². The second kappa shape index (κ2) is 9.16. The summed E-state index contributed by atoms with van der Waals surface area (Å²) in [5, 5.41) is 3.49. The number of benzene rings is 1. The van der Waals surface area contributed by atoms with Gasteiger partial charge < -0.3 is 19.4 Å². The molecule has 1 amide bonds. The molecular weight excluding hydrogens is 424 g/mol. The van der Waals surface area contributed by atoms with Crippen LogP contribution in [-0.4, -0.2) is 37.2 Å². The standard InChI is InChI=1S/C26H29ClN2O3/c1-29-12-11-18-14-23(27)24(32-26(30)28-19-7-3-2-4-8-19)15-21(18)22(16-29)20-10-9-17-6-5-13-31-25(17)20/h5-6,9-10,13-15,19,22H,2-4,7-8,11-12,16H2,1H3,(H,28,30). The first-order chi connectivity index (χ1) is 15.6. The monoisotopic (exact) mass is 452 g/mol. The van der Waals surface area contributed by atoms with Gasteiger partial charge in [0.25, 0.3) is 0 Å². The van der Waals surface area contributed by atoms with Crippen molar-refractivity contribution >= 4 is 17.7 Å². The van der Waals surface area contributed by atoms with E-state index in [0.717, 1.165) is 67.6 Å². The Morgan fingerprint density at radius 2 is 2.00 bits per heavy atom. The van der Waals surface area contributed by atoms with Gasteiger partial charge in [-0.15, -0.1) is 0 Å². The predicted molar refractivity (Wildman–Crippen MR) is 126 cm³/mol. The summed E-state index contributed by atoms with van der Waals surface area (Å²) < 4.78 is 11.6. The molecule has 168 valence electrons. The predicted octanol–water partition coefficient (Wildman–Crippen LogP) is 6.08. The minimum atomic E-state index is -0.421. The van der Waals surface area contributed by atoms with Crippen molar-refractivity contribution in [2.75, 3.05) is 20.1 Å². The van der Waals surface area contributed by atoms with Crippen molar-refractivity contribution in [3.8, 4) is 17.1 Å². The van der Waals surface area contributed by atoms with E-state index in [-0.39, 0.29) is 12.0 Å². The molecule has 1 aromatic carbocycles. The molecule has 2 aliphatic carbocycles. The van der Waals surface area contributed by atoms with Gasteiger partial charge in [-0.05, 0) is 61.7 Å². The van der Waals surface area contributed by atoms with Crippen LogP contribution >= 0.6 is 11.6 Å². The van der Waals surface area contributed by atoms with E-state index >= 15 is 0 Å². The largest absolute Gasteiger partial charge is 0.464 e. The molecule has 1 fully saturated rings. The van der Waals surface area contributed by atoms with Gasteiger partial charge in [0.15, 0.2) is 5.75 Å². The van der Waals surface area contributed by atoms with Crippen LogP contribution in [0.25, 0.3) is 11.3 Å². The molecule has 0 aromatic heterocycles. The van der Waals surface area contributed by atoms with Gasteiger partial charge in [-0.3, -0.25) is 0 Å². The number of ether oxygens (including phenoxy) is 1. The molecule has 1 saturated carbocycles. The number of fused-ring (bicyclic) bond motifs is 2. The third-order valence-electron chi connectivity index (χ3n) is 6.84. The molecule has 1 unspecified atom stereocenters. The molecule has 0 bridgehead atoms. The fraction of sp³-hybridized carbons (Fsp3) is 0.423. The van der Waals surface area contributed by atoms with Crippen LogP contribution < -0.4 is 10.1 Å². The van der Waals surface area contributed by atoms with Crippen LogP contribution in [0.4, 0.5) is 4.79 Å². The van der Waals surface area contributed by atoms with Crippen LogP contribution in [0.15, 0.2) is 47.1 Å². The number of halogens is 1. The highest BCUT2D eigenvalue weighted by Gasteiger charge is 2.29. The van der Waals surface area contributed by atoms with Crippen molar-refractivity contribution in [2.24, 2.45) is 0 Å². The van der Waals surface area contributed by atoms with Crippen molar-refractivity contribution in [1.29, 1.82) is 0 Å². The average Bonchev–Trinajstić information content (AvgIpc) is 3.15. The van der Waals surface area contributed by atoms with Crippen LogP contribution in [-0.2, 0) is 6.42 Å². The molecule has 5 nitrogen and oxygen atoms in total. The Hall–Kier alpha value is -2.50. The third kappa shape index (κ3) is 4.37. The zero-order chi connectivity index (χ0) is 22.1. The van der Waals surface area contributed by atoms with E-state index in [1.165, 1.54) is 12.0 Å². The lowest BCUT2D eigenvalue weighted by Crippen LogP contribution is -2.38. The Labute approximate surface area is 194 Å². The van der Waals surface area contributed by atoms with E-state index in [1.54, 1.807) is 6.26 Å². The van der Waals surface area contributed by atoms with Gasteiger partial charge in [0, 0.05) is 36.2 Å². The van der Waals surface area contributed by atoms with E-state index < -0.39 is 6.09 Å². The normalized spacial score (nSPS) is 20.0. The van der Waals surface area contributed by atoms with Crippen molar-refractivity contribution < 1.29 is 13.9 Å². The highest BCUT2D eigenvalue weighted by atomic mass is 35.5. The lowest BCUT2D eigenvalue weighted by Gasteiger charge is -2.24. The summed E-state index contributed by atoms with van der Waals surface area (Å²) in [6, 6.07) is 12.3. The van der Waals surface area contributed by atoms with Crippen molar-refractivity contribution in [1.82, 2.24) is 10.2 Å². The van der Waals surface area contributed by atoms with Gasteiger partial charge in [0.1, 0.15) is 5.76 Å². The summed E-state index contributed by atoms with van der Waals surface area (Å²) in [6.45, 7) is 1.80. The number of hydrogen-bond acceptors (Lipinski definition) is 4. The molecule has 1 N–H and O–H groups in total. The molecule has 2 aliphatic heterocycles. The molecule has 5 rings (SSSR count). The first-order valence-corrected chi connectivity index (χ1v) is 11.9. The number of rotatable bonds is 3. The minimum absolute atomic E-state index is 0.0992. The van der Waals surface area contributed by atoms with Crippen LogP contribution in [0.5, 0.6) is 5.75 Å². The maximum Gasteiger partial charge on any atom is 0.412 e. The number of amides is 1. The number of carbonyl (C=O) groups excluding carboxylic acids is 1. The van der Waals surface area contributed by atoms with Gasteiger partial charge >= 0.3 is 6.09 Å².